The van der Waals surface area contributed by atoms with Crippen LogP contribution in [-0.4, -0.2) is 18.2 Å². The number of hydrogen-bond acceptors (Lipinski definition) is 2. The standard InChI is InChI=1S/C21H41NO2/c1-5-7-8-9-10-11-12-13-14-17-20(24)22-18-15-16-19(23)21(3,4)6-2/h5-18H2,1-4H3,(H,22,24). The molecule has 24 heavy (non-hydrogen) atoms. The van der Waals surface area contributed by atoms with Crippen LogP contribution in [-0.2, 0) is 9.59 Å². The molecular weight excluding hydrogens is 298 g/mol. The van der Waals surface area contributed by atoms with Gasteiger partial charge in [-0.2, -0.15) is 0 Å². The van der Waals surface area contributed by atoms with Crippen molar-refractivity contribution in [2.45, 2.75) is 111 Å². The SMILES string of the molecule is CCCCCCCCCCCC(=O)NCCCC(=O)C(C)(C)CC. The highest BCUT2D eigenvalue weighted by atomic mass is 16.1. The van der Waals surface area contributed by atoms with Gasteiger partial charge in [-0.15, -0.1) is 0 Å². The molecule has 3 heteroatoms. The summed E-state index contributed by atoms with van der Waals surface area (Å²) in [6, 6.07) is 0. The number of nitrogens with one attached hydrogen (secondary N) is 1. The molecule has 0 saturated heterocycles. The fourth-order valence-electron chi connectivity index (χ4n) is 2.70. The second kappa shape index (κ2) is 14.5. The highest BCUT2D eigenvalue weighted by Gasteiger charge is 2.24. The van der Waals surface area contributed by atoms with Crippen LogP contribution in [0.5, 0.6) is 0 Å². The van der Waals surface area contributed by atoms with Gasteiger partial charge in [-0.3, -0.25) is 9.59 Å². The van der Waals surface area contributed by atoms with E-state index in [1.165, 1.54) is 44.9 Å². The molecule has 0 aliphatic carbocycles. The van der Waals surface area contributed by atoms with Crippen LogP contribution in [0.4, 0.5) is 0 Å². The maximum Gasteiger partial charge on any atom is 0.219 e. The average Bonchev–Trinajstić information content (AvgIpc) is 2.56. The van der Waals surface area contributed by atoms with Crippen LogP contribution in [0, 0.1) is 5.41 Å². The molecule has 0 aromatic carbocycles. The van der Waals surface area contributed by atoms with Crippen molar-refractivity contribution in [1.29, 1.82) is 0 Å². The molecule has 1 N–H and O–H groups in total. The van der Waals surface area contributed by atoms with Gasteiger partial charge in [0.05, 0.1) is 0 Å². The number of unbranched alkanes of at least 4 members (excludes halogenated alkanes) is 8. The zero-order valence-electron chi connectivity index (χ0n) is 16.7. The molecular formula is C21H41NO2. The minimum atomic E-state index is -0.222. The summed E-state index contributed by atoms with van der Waals surface area (Å²) >= 11 is 0. The molecule has 0 heterocycles. The first-order valence-electron chi connectivity index (χ1n) is 10.2. The van der Waals surface area contributed by atoms with Gasteiger partial charge in [0.25, 0.3) is 0 Å². The summed E-state index contributed by atoms with van der Waals surface area (Å²) in [5.74, 6) is 0.443. The Balaban J connectivity index is 3.43. The summed E-state index contributed by atoms with van der Waals surface area (Å²) < 4.78 is 0. The van der Waals surface area contributed by atoms with Gasteiger partial charge in [0, 0.05) is 24.8 Å². The van der Waals surface area contributed by atoms with Crippen molar-refractivity contribution in [3.63, 3.8) is 0 Å². The lowest BCUT2D eigenvalue weighted by Gasteiger charge is -2.20. The van der Waals surface area contributed by atoms with Gasteiger partial charge in [0.15, 0.2) is 0 Å². The predicted octanol–water partition coefficient (Wildman–Crippen LogP) is 5.81. The van der Waals surface area contributed by atoms with E-state index in [1.807, 2.05) is 20.8 Å². The van der Waals surface area contributed by atoms with Crippen molar-refractivity contribution in [2.24, 2.45) is 5.41 Å². The third kappa shape index (κ3) is 12.5. The van der Waals surface area contributed by atoms with Crippen molar-refractivity contribution in [1.82, 2.24) is 5.32 Å². The smallest absolute Gasteiger partial charge is 0.219 e. The highest BCUT2D eigenvalue weighted by molar-refractivity contribution is 5.84. The van der Waals surface area contributed by atoms with Gasteiger partial charge in [-0.05, 0) is 19.3 Å². The predicted molar refractivity (Wildman–Crippen MR) is 103 cm³/mol. The summed E-state index contributed by atoms with van der Waals surface area (Å²) in [5.41, 5.74) is -0.222. The Morgan fingerprint density at radius 3 is 1.83 bits per heavy atom. The monoisotopic (exact) mass is 339 g/mol. The normalized spacial score (nSPS) is 11.5. The third-order valence-corrected chi connectivity index (χ3v) is 5.05. The first-order valence-corrected chi connectivity index (χ1v) is 10.2. The lowest BCUT2D eigenvalue weighted by atomic mass is 9.83. The minimum Gasteiger partial charge on any atom is -0.356 e. The summed E-state index contributed by atoms with van der Waals surface area (Å²) in [7, 11) is 0. The van der Waals surface area contributed by atoms with Gasteiger partial charge in [0.2, 0.25) is 5.91 Å². The van der Waals surface area contributed by atoms with Crippen LogP contribution in [0.15, 0.2) is 0 Å². The molecule has 0 saturated carbocycles. The van der Waals surface area contributed by atoms with Crippen LogP contribution in [0.3, 0.4) is 0 Å². The fourth-order valence-corrected chi connectivity index (χ4v) is 2.70. The van der Waals surface area contributed by atoms with Crippen molar-refractivity contribution in [2.75, 3.05) is 6.54 Å². The van der Waals surface area contributed by atoms with Crippen LogP contribution >= 0.6 is 0 Å². The van der Waals surface area contributed by atoms with Crippen LogP contribution in [0.25, 0.3) is 0 Å². The topological polar surface area (TPSA) is 46.2 Å². The van der Waals surface area contributed by atoms with Crippen LogP contribution < -0.4 is 5.32 Å². The second-order valence-corrected chi connectivity index (χ2v) is 7.69. The van der Waals surface area contributed by atoms with E-state index >= 15 is 0 Å². The van der Waals surface area contributed by atoms with E-state index in [-0.39, 0.29) is 11.3 Å². The Bertz CT molecular complexity index is 337. The molecule has 0 radical (unpaired) electrons. The van der Waals surface area contributed by atoms with E-state index < -0.39 is 0 Å². The summed E-state index contributed by atoms with van der Waals surface area (Å²) in [5, 5.41) is 2.94. The largest absolute Gasteiger partial charge is 0.356 e. The first-order chi connectivity index (χ1) is 11.4. The van der Waals surface area contributed by atoms with E-state index in [1.54, 1.807) is 0 Å². The Hall–Kier alpha value is -0.860. The Kier molecular flexibility index (Phi) is 14.0. The number of carbonyl (C=O) groups excluding carboxylic acids is 2. The molecule has 0 rings (SSSR count). The molecule has 0 aliphatic rings. The Morgan fingerprint density at radius 2 is 1.29 bits per heavy atom. The molecule has 0 aromatic heterocycles. The molecule has 0 atom stereocenters. The van der Waals surface area contributed by atoms with E-state index in [9.17, 15) is 9.59 Å². The van der Waals surface area contributed by atoms with Gasteiger partial charge in [-0.25, -0.2) is 0 Å². The number of ketones is 1. The molecule has 1 amide bonds. The zero-order chi connectivity index (χ0) is 18.3. The van der Waals surface area contributed by atoms with Crippen molar-refractivity contribution >= 4 is 11.7 Å². The van der Waals surface area contributed by atoms with E-state index in [4.69, 9.17) is 0 Å². The van der Waals surface area contributed by atoms with Gasteiger partial charge in [0.1, 0.15) is 5.78 Å². The molecule has 0 aliphatic heterocycles. The second-order valence-electron chi connectivity index (χ2n) is 7.69. The number of carbonyl (C=O) groups is 2. The third-order valence-electron chi connectivity index (χ3n) is 5.05. The molecule has 0 bridgehead atoms. The van der Waals surface area contributed by atoms with Gasteiger partial charge >= 0.3 is 0 Å². The van der Waals surface area contributed by atoms with Crippen molar-refractivity contribution in [3.05, 3.63) is 0 Å². The Morgan fingerprint density at radius 1 is 0.750 bits per heavy atom. The maximum atomic E-state index is 12.0. The Labute approximate surface area is 150 Å². The molecule has 142 valence electrons. The quantitative estimate of drug-likeness (QED) is 0.361. The first kappa shape index (κ1) is 23.1. The lowest BCUT2D eigenvalue weighted by Crippen LogP contribution is -2.27. The van der Waals surface area contributed by atoms with Crippen molar-refractivity contribution in [3.8, 4) is 0 Å². The summed E-state index contributed by atoms with van der Waals surface area (Å²) in [6.45, 7) is 8.91. The molecule has 0 aromatic rings. The van der Waals surface area contributed by atoms with Gasteiger partial charge in [-0.1, -0.05) is 79.1 Å². The highest BCUT2D eigenvalue weighted by Crippen LogP contribution is 2.23. The zero-order valence-corrected chi connectivity index (χ0v) is 16.7. The summed E-state index contributed by atoms with van der Waals surface area (Å²) in [6.07, 6.45) is 14.3. The number of Topliss-reactive ketones (excluding diaryl/α,β-unsaturated/α-hetero) is 1. The van der Waals surface area contributed by atoms with Crippen LogP contribution in [0.1, 0.15) is 111 Å². The summed E-state index contributed by atoms with van der Waals surface area (Å²) in [4.78, 5) is 23.7. The molecule has 0 unspecified atom stereocenters. The van der Waals surface area contributed by atoms with E-state index in [0.717, 1.165) is 25.7 Å². The number of hydrogen-bond donors (Lipinski definition) is 1. The van der Waals surface area contributed by atoms with E-state index in [0.29, 0.717) is 25.2 Å². The van der Waals surface area contributed by atoms with Gasteiger partial charge < -0.3 is 5.32 Å². The number of rotatable bonds is 16. The molecule has 0 spiro atoms. The molecule has 0 fully saturated rings. The van der Waals surface area contributed by atoms with Crippen molar-refractivity contribution < 1.29 is 9.59 Å². The van der Waals surface area contributed by atoms with E-state index in [2.05, 4.69) is 12.2 Å². The lowest BCUT2D eigenvalue weighted by molar-refractivity contribution is -0.127. The fraction of sp³-hybridized carbons (Fsp3) is 0.905. The minimum absolute atomic E-state index is 0.139. The molecule has 3 nitrogen and oxygen atoms in total. The average molecular weight is 340 g/mol. The van der Waals surface area contributed by atoms with Crippen LogP contribution in [0.2, 0.25) is 0 Å². The maximum absolute atomic E-state index is 12.0. The number of amides is 1.